The Morgan fingerprint density at radius 2 is 1.42 bits per heavy atom. The van der Waals surface area contributed by atoms with Crippen LogP contribution >= 0.6 is 0 Å². The Labute approximate surface area is 72.9 Å². The Hall–Kier alpha value is -1.19. The van der Waals surface area contributed by atoms with Crippen molar-refractivity contribution in [2.75, 3.05) is 6.61 Å². The van der Waals surface area contributed by atoms with E-state index in [4.69, 9.17) is 4.79 Å². The topological polar surface area (TPSA) is 60.4 Å². The highest BCUT2D eigenvalue weighted by atomic mass is 16.5. The molecule has 0 atom stereocenters. The lowest BCUT2D eigenvalue weighted by molar-refractivity contribution is -0.140. The van der Waals surface area contributed by atoms with Crippen LogP contribution in [0.4, 0.5) is 0 Å². The van der Waals surface area contributed by atoms with Crippen molar-refractivity contribution in [2.45, 2.75) is 27.7 Å². The molecule has 0 aliphatic carbocycles. The quantitative estimate of drug-likeness (QED) is 0.559. The molecule has 0 radical (unpaired) electrons. The second kappa shape index (κ2) is 16.4. The summed E-state index contributed by atoms with van der Waals surface area (Å²) in [6.45, 7) is 8.71. The third-order valence-corrected chi connectivity index (χ3v) is 0.348. The SMILES string of the molecule is C=O.CC(C)=O.CCOC(C)=O. The normalized spacial score (nSPS) is 6.33. The minimum absolute atomic E-state index is 0.167. The molecule has 0 heterocycles. The Kier molecular flexibility index (Phi) is 23.3. The molecule has 0 fully saturated rings. The van der Waals surface area contributed by atoms with Gasteiger partial charge in [0.05, 0.1) is 6.61 Å². The van der Waals surface area contributed by atoms with Crippen LogP contribution < -0.4 is 0 Å². The van der Waals surface area contributed by atoms with E-state index in [0.717, 1.165) is 0 Å². The standard InChI is InChI=1S/C4H8O2.C3H6O.CH2O/c1-3-6-4(2)5;1-3(2)4;1-2/h3H2,1-2H3;1-2H3;1H2. The summed E-state index contributed by atoms with van der Waals surface area (Å²) in [5.41, 5.74) is 0. The van der Waals surface area contributed by atoms with E-state index in [9.17, 15) is 9.59 Å². The predicted octanol–water partition coefficient (Wildman–Crippen LogP) is 0.980. The summed E-state index contributed by atoms with van der Waals surface area (Å²) in [6.07, 6.45) is 0. The molecule has 0 aliphatic rings. The second-order valence-electron chi connectivity index (χ2n) is 1.83. The first-order valence-corrected chi connectivity index (χ1v) is 3.40. The number of ketones is 1. The highest BCUT2D eigenvalue weighted by molar-refractivity contribution is 5.72. The molecular weight excluding hydrogens is 160 g/mol. The van der Waals surface area contributed by atoms with Crippen LogP contribution in [0.1, 0.15) is 27.7 Å². The Morgan fingerprint density at radius 1 is 1.17 bits per heavy atom. The maximum Gasteiger partial charge on any atom is 0.302 e. The first-order valence-electron chi connectivity index (χ1n) is 3.40. The summed E-state index contributed by atoms with van der Waals surface area (Å²) in [5.74, 6) is -0.0440. The fourth-order valence-corrected chi connectivity index (χ4v) is 0.203. The van der Waals surface area contributed by atoms with Crippen LogP contribution in [0, 0.1) is 0 Å². The van der Waals surface area contributed by atoms with E-state index in [1.165, 1.54) is 20.8 Å². The van der Waals surface area contributed by atoms with Gasteiger partial charge < -0.3 is 14.3 Å². The molecule has 72 valence electrons. The van der Waals surface area contributed by atoms with Crippen molar-refractivity contribution in [1.29, 1.82) is 0 Å². The van der Waals surface area contributed by atoms with Crippen molar-refractivity contribution in [3.63, 3.8) is 0 Å². The summed E-state index contributed by atoms with van der Waals surface area (Å²) < 4.78 is 4.40. The fourth-order valence-electron chi connectivity index (χ4n) is 0.203. The maximum atomic E-state index is 9.82. The van der Waals surface area contributed by atoms with Crippen molar-refractivity contribution in [2.24, 2.45) is 0 Å². The lowest BCUT2D eigenvalue weighted by Crippen LogP contribution is -1.95. The van der Waals surface area contributed by atoms with Gasteiger partial charge in [-0.3, -0.25) is 4.79 Å². The number of hydrogen-bond donors (Lipinski definition) is 0. The fraction of sp³-hybridized carbons (Fsp3) is 0.625. The molecular formula is C8H16O4. The first-order chi connectivity index (χ1) is 5.50. The third kappa shape index (κ3) is 164. The third-order valence-electron chi connectivity index (χ3n) is 0.348. The molecule has 4 heteroatoms. The average molecular weight is 176 g/mol. The van der Waals surface area contributed by atoms with E-state index in [0.29, 0.717) is 6.61 Å². The highest BCUT2D eigenvalue weighted by Gasteiger charge is 1.81. The zero-order valence-corrected chi connectivity index (χ0v) is 8.05. The number of esters is 1. The average Bonchev–Trinajstić information content (AvgIpc) is 1.90. The van der Waals surface area contributed by atoms with Gasteiger partial charge in [-0.15, -0.1) is 0 Å². The van der Waals surface area contributed by atoms with Crippen molar-refractivity contribution in [3.05, 3.63) is 0 Å². The van der Waals surface area contributed by atoms with Crippen LogP contribution in [-0.2, 0) is 19.1 Å². The van der Waals surface area contributed by atoms with Gasteiger partial charge in [0, 0.05) is 6.92 Å². The number of ether oxygens (including phenoxy) is 1. The van der Waals surface area contributed by atoms with Crippen LogP contribution in [0.2, 0.25) is 0 Å². The van der Waals surface area contributed by atoms with Gasteiger partial charge in [-0.25, -0.2) is 0 Å². The lowest BCUT2D eigenvalue weighted by atomic mass is 10.6. The molecule has 0 saturated heterocycles. The van der Waals surface area contributed by atoms with Gasteiger partial charge in [0.15, 0.2) is 0 Å². The number of hydrogen-bond acceptors (Lipinski definition) is 4. The van der Waals surface area contributed by atoms with Crippen LogP contribution in [0.25, 0.3) is 0 Å². The molecule has 0 spiro atoms. The largest absolute Gasteiger partial charge is 0.466 e. The number of rotatable bonds is 1. The van der Waals surface area contributed by atoms with Gasteiger partial charge in [-0.1, -0.05) is 0 Å². The number of carbonyl (C=O) groups excluding carboxylic acids is 3. The predicted molar refractivity (Wildman–Crippen MR) is 45.8 cm³/mol. The van der Waals surface area contributed by atoms with Crippen molar-refractivity contribution in [1.82, 2.24) is 0 Å². The van der Waals surface area contributed by atoms with Crippen LogP contribution in [-0.4, -0.2) is 25.1 Å². The van der Waals surface area contributed by atoms with E-state index in [1.807, 2.05) is 6.79 Å². The summed E-state index contributed by atoms with van der Waals surface area (Å²) in [4.78, 5) is 27.3. The van der Waals surface area contributed by atoms with Crippen molar-refractivity contribution < 1.29 is 19.1 Å². The molecule has 4 nitrogen and oxygen atoms in total. The molecule has 0 amide bonds. The second-order valence-corrected chi connectivity index (χ2v) is 1.83. The van der Waals surface area contributed by atoms with Gasteiger partial charge in [-0.05, 0) is 20.8 Å². The van der Waals surface area contributed by atoms with E-state index < -0.39 is 0 Å². The summed E-state index contributed by atoms with van der Waals surface area (Å²) >= 11 is 0. The number of Topliss-reactive ketones (excluding diaryl/α,β-unsaturated/α-hetero) is 1. The smallest absolute Gasteiger partial charge is 0.302 e. The Balaban J connectivity index is -0.000000118. The van der Waals surface area contributed by atoms with Crippen molar-refractivity contribution >= 4 is 18.5 Å². The van der Waals surface area contributed by atoms with E-state index >= 15 is 0 Å². The maximum absolute atomic E-state index is 9.82. The lowest BCUT2D eigenvalue weighted by Gasteiger charge is -1.89. The highest BCUT2D eigenvalue weighted by Crippen LogP contribution is 1.69. The zero-order valence-electron chi connectivity index (χ0n) is 8.05. The van der Waals surface area contributed by atoms with Gasteiger partial charge in [-0.2, -0.15) is 0 Å². The van der Waals surface area contributed by atoms with Crippen LogP contribution in [0.15, 0.2) is 0 Å². The van der Waals surface area contributed by atoms with Gasteiger partial charge >= 0.3 is 5.97 Å². The molecule has 0 aliphatic heterocycles. The minimum Gasteiger partial charge on any atom is -0.466 e. The molecule has 0 bridgehead atoms. The molecule has 12 heavy (non-hydrogen) atoms. The van der Waals surface area contributed by atoms with E-state index in [2.05, 4.69) is 4.74 Å². The van der Waals surface area contributed by atoms with Crippen molar-refractivity contribution in [3.8, 4) is 0 Å². The summed E-state index contributed by atoms with van der Waals surface area (Å²) in [6, 6.07) is 0. The van der Waals surface area contributed by atoms with E-state index in [-0.39, 0.29) is 11.8 Å². The van der Waals surface area contributed by atoms with Gasteiger partial charge in [0.2, 0.25) is 0 Å². The molecule has 0 saturated carbocycles. The minimum atomic E-state index is -0.211. The van der Waals surface area contributed by atoms with Gasteiger partial charge in [0.25, 0.3) is 0 Å². The Bertz CT molecular complexity index is 116. The van der Waals surface area contributed by atoms with Gasteiger partial charge in [0.1, 0.15) is 12.6 Å². The molecule has 0 aromatic rings. The molecule has 0 rings (SSSR count). The number of carbonyl (C=O) groups is 3. The monoisotopic (exact) mass is 176 g/mol. The summed E-state index contributed by atoms with van der Waals surface area (Å²) in [5, 5.41) is 0. The zero-order chi connectivity index (χ0) is 10.6. The summed E-state index contributed by atoms with van der Waals surface area (Å²) in [7, 11) is 0. The van der Waals surface area contributed by atoms with Crippen LogP contribution in [0.3, 0.4) is 0 Å². The molecule has 0 unspecified atom stereocenters. The molecule has 0 N–H and O–H groups in total. The molecule has 0 aromatic carbocycles. The molecule has 0 aromatic heterocycles. The first kappa shape index (κ1) is 17.1. The Morgan fingerprint density at radius 3 is 1.42 bits per heavy atom. The van der Waals surface area contributed by atoms with E-state index in [1.54, 1.807) is 6.92 Å². The van der Waals surface area contributed by atoms with Crippen LogP contribution in [0.5, 0.6) is 0 Å².